The number of nitrogens with one attached hydrogen (secondary N) is 2. The number of aryl methyl sites for hydroxylation is 2. The molecule has 2 N–H and O–H groups in total. The van der Waals surface area contributed by atoms with Crippen molar-refractivity contribution >= 4 is 11.8 Å². The zero-order chi connectivity index (χ0) is 17.3. The summed E-state index contributed by atoms with van der Waals surface area (Å²) in [5.41, 5.74) is 1.95. The second-order valence-corrected chi connectivity index (χ2v) is 5.59. The summed E-state index contributed by atoms with van der Waals surface area (Å²) in [6, 6.07) is 0.0536. The molecule has 2 amide bonds. The Labute approximate surface area is 135 Å². The third-order valence-electron chi connectivity index (χ3n) is 3.84. The van der Waals surface area contributed by atoms with Crippen molar-refractivity contribution in [2.75, 3.05) is 5.32 Å². The van der Waals surface area contributed by atoms with Gasteiger partial charge in [0.2, 0.25) is 0 Å². The topological polar surface area (TPSA) is 59.0 Å². The van der Waals surface area contributed by atoms with Crippen LogP contribution in [0.1, 0.15) is 51.8 Å². The highest BCUT2D eigenvalue weighted by Crippen LogP contribution is 2.17. The molecule has 1 heterocycles. The number of amides is 2. The minimum absolute atomic E-state index is 0.154. The summed E-state index contributed by atoms with van der Waals surface area (Å²) < 4.78 is 1.70. The van der Waals surface area contributed by atoms with Gasteiger partial charge in [-0.3, -0.25) is 10.00 Å². The van der Waals surface area contributed by atoms with Crippen molar-refractivity contribution in [2.45, 2.75) is 60.4 Å². The molecule has 22 heavy (non-hydrogen) atoms. The lowest BCUT2D eigenvalue weighted by molar-refractivity contribution is 0.242. The first kappa shape index (κ1) is 20.2. The first-order valence-corrected chi connectivity index (χ1v) is 7.96. The quantitative estimate of drug-likeness (QED) is 0.802. The van der Waals surface area contributed by atoms with E-state index in [9.17, 15) is 4.79 Å². The Hall–Kier alpha value is -1.78. The van der Waals surface area contributed by atoms with E-state index in [-0.39, 0.29) is 12.1 Å². The van der Waals surface area contributed by atoms with Gasteiger partial charge in [-0.05, 0) is 33.1 Å². The first-order chi connectivity index (χ1) is 10.3. The fourth-order valence-corrected chi connectivity index (χ4v) is 2.18. The predicted molar refractivity (Wildman–Crippen MR) is 94.2 cm³/mol. The number of hydrogen-bond acceptors (Lipinski definition) is 2. The second kappa shape index (κ2) is 10.0. The van der Waals surface area contributed by atoms with E-state index in [2.05, 4.69) is 43.1 Å². The predicted octanol–water partition coefficient (Wildman–Crippen LogP) is 4.18. The van der Waals surface area contributed by atoms with Gasteiger partial charge in [0.15, 0.2) is 0 Å². The number of carbonyl (C=O) groups excluding carboxylic acids is 1. The van der Waals surface area contributed by atoms with E-state index >= 15 is 0 Å². The molecule has 0 aliphatic heterocycles. The number of nitrogens with zero attached hydrogens (tertiary/aromatic N) is 2. The number of allylic oxidation sites excluding steroid dienone is 1. The van der Waals surface area contributed by atoms with E-state index in [0.717, 1.165) is 29.9 Å². The molecular formula is C17H32N4O. The van der Waals surface area contributed by atoms with Gasteiger partial charge in [-0.25, -0.2) is 4.79 Å². The van der Waals surface area contributed by atoms with Crippen LogP contribution < -0.4 is 10.6 Å². The van der Waals surface area contributed by atoms with Crippen LogP contribution in [0.3, 0.4) is 0 Å². The van der Waals surface area contributed by atoms with Gasteiger partial charge in [0.05, 0.1) is 5.69 Å². The molecule has 0 aliphatic carbocycles. The second-order valence-electron chi connectivity index (χ2n) is 5.59. The molecule has 5 nitrogen and oxygen atoms in total. The zero-order valence-electron chi connectivity index (χ0n) is 15.2. The highest BCUT2D eigenvalue weighted by Gasteiger charge is 2.18. The highest BCUT2D eigenvalue weighted by molar-refractivity contribution is 5.89. The van der Waals surface area contributed by atoms with Gasteiger partial charge < -0.3 is 5.32 Å². The molecular weight excluding hydrogens is 276 g/mol. The van der Waals surface area contributed by atoms with Crippen molar-refractivity contribution in [3.8, 4) is 0 Å². The SMILES string of the molecule is C=CC.CC[C@@H](C)[C@@H](CC)NC(=O)Nc1c(C)c(C)nn1C. The van der Waals surface area contributed by atoms with E-state index in [0.29, 0.717) is 5.92 Å². The molecule has 0 aromatic carbocycles. The van der Waals surface area contributed by atoms with Crippen LogP contribution in [0.15, 0.2) is 12.7 Å². The number of urea groups is 1. The lowest BCUT2D eigenvalue weighted by atomic mass is 9.97. The fourth-order valence-electron chi connectivity index (χ4n) is 2.18. The van der Waals surface area contributed by atoms with Gasteiger partial charge in [-0.15, -0.1) is 6.58 Å². The summed E-state index contributed by atoms with van der Waals surface area (Å²) >= 11 is 0. The van der Waals surface area contributed by atoms with Gasteiger partial charge in [0, 0.05) is 18.7 Å². The summed E-state index contributed by atoms with van der Waals surface area (Å²) in [7, 11) is 1.83. The van der Waals surface area contributed by atoms with Crippen LogP contribution >= 0.6 is 0 Å². The van der Waals surface area contributed by atoms with Crippen LogP contribution in [0.25, 0.3) is 0 Å². The first-order valence-electron chi connectivity index (χ1n) is 7.96. The summed E-state index contributed by atoms with van der Waals surface area (Å²) in [6.07, 6.45) is 3.74. The molecule has 0 unspecified atom stereocenters. The van der Waals surface area contributed by atoms with Gasteiger partial charge in [-0.1, -0.05) is 33.3 Å². The Morgan fingerprint density at radius 2 is 1.91 bits per heavy atom. The largest absolute Gasteiger partial charge is 0.335 e. The van der Waals surface area contributed by atoms with Crippen LogP contribution in [0.4, 0.5) is 10.6 Å². The van der Waals surface area contributed by atoms with Crippen molar-refractivity contribution in [3.63, 3.8) is 0 Å². The Morgan fingerprint density at radius 1 is 1.36 bits per heavy atom. The van der Waals surface area contributed by atoms with E-state index < -0.39 is 0 Å². The summed E-state index contributed by atoms with van der Waals surface area (Å²) in [5, 5.41) is 10.2. The maximum Gasteiger partial charge on any atom is 0.320 e. The number of carbonyl (C=O) groups is 1. The molecule has 0 saturated heterocycles. The van der Waals surface area contributed by atoms with Crippen LogP contribution in [-0.2, 0) is 7.05 Å². The molecule has 126 valence electrons. The Bertz CT molecular complexity index is 479. The summed E-state index contributed by atoms with van der Waals surface area (Å²) in [6.45, 7) is 15.5. The van der Waals surface area contributed by atoms with Crippen LogP contribution in [-0.4, -0.2) is 21.9 Å². The molecule has 2 atom stereocenters. The average molecular weight is 308 g/mol. The zero-order valence-corrected chi connectivity index (χ0v) is 15.2. The van der Waals surface area contributed by atoms with E-state index in [1.807, 2.05) is 27.8 Å². The highest BCUT2D eigenvalue weighted by atomic mass is 16.2. The Kier molecular flexibility index (Phi) is 9.22. The smallest absolute Gasteiger partial charge is 0.320 e. The molecule has 0 bridgehead atoms. The molecule has 0 spiro atoms. The molecule has 0 saturated carbocycles. The van der Waals surface area contributed by atoms with Crippen molar-refractivity contribution < 1.29 is 4.79 Å². The van der Waals surface area contributed by atoms with E-state index in [1.165, 1.54) is 0 Å². The molecule has 5 heteroatoms. The average Bonchev–Trinajstić information content (AvgIpc) is 2.71. The van der Waals surface area contributed by atoms with Crippen molar-refractivity contribution in [3.05, 3.63) is 23.9 Å². The lowest BCUT2D eigenvalue weighted by Gasteiger charge is -2.23. The number of anilines is 1. The third kappa shape index (κ3) is 5.92. The Morgan fingerprint density at radius 3 is 2.27 bits per heavy atom. The van der Waals surface area contributed by atoms with E-state index in [4.69, 9.17) is 0 Å². The standard InChI is InChI=1S/C14H26N4O.C3H6/c1-7-9(3)12(8-2)15-14(19)16-13-10(4)11(5)17-18(13)6;1-3-2/h9,12H,7-8H2,1-6H3,(H2,15,16,19);3H,1H2,2H3/t9-,12-;/m1./s1. The van der Waals surface area contributed by atoms with Gasteiger partial charge >= 0.3 is 6.03 Å². The van der Waals surface area contributed by atoms with Gasteiger partial charge in [0.25, 0.3) is 0 Å². The fraction of sp³-hybridized carbons (Fsp3) is 0.647. The summed E-state index contributed by atoms with van der Waals surface area (Å²) in [4.78, 5) is 12.1. The van der Waals surface area contributed by atoms with Crippen LogP contribution in [0, 0.1) is 19.8 Å². The van der Waals surface area contributed by atoms with Crippen molar-refractivity contribution in [1.29, 1.82) is 0 Å². The van der Waals surface area contributed by atoms with Gasteiger partial charge in [0.1, 0.15) is 5.82 Å². The normalized spacial score (nSPS) is 12.7. The maximum atomic E-state index is 12.1. The molecule has 0 radical (unpaired) electrons. The Balaban J connectivity index is 0.00000135. The molecule has 1 aromatic rings. The monoisotopic (exact) mass is 308 g/mol. The number of hydrogen-bond donors (Lipinski definition) is 2. The minimum atomic E-state index is -0.154. The third-order valence-corrected chi connectivity index (χ3v) is 3.84. The molecule has 0 aliphatic rings. The summed E-state index contributed by atoms with van der Waals surface area (Å²) in [5.74, 6) is 1.24. The molecule has 0 fully saturated rings. The van der Waals surface area contributed by atoms with Gasteiger partial charge in [-0.2, -0.15) is 5.10 Å². The van der Waals surface area contributed by atoms with Crippen molar-refractivity contribution in [1.82, 2.24) is 15.1 Å². The maximum absolute atomic E-state index is 12.1. The molecule has 1 aromatic heterocycles. The van der Waals surface area contributed by atoms with Crippen LogP contribution in [0.5, 0.6) is 0 Å². The minimum Gasteiger partial charge on any atom is -0.335 e. The number of aromatic nitrogens is 2. The lowest BCUT2D eigenvalue weighted by Crippen LogP contribution is -2.41. The number of rotatable bonds is 5. The van der Waals surface area contributed by atoms with Crippen LogP contribution in [0.2, 0.25) is 0 Å². The van der Waals surface area contributed by atoms with E-state index in [1.54, 1.807) is 10.8 Å². The molecule has 1 rings (SSSR count). The van der Waals surface area contributed by atoms with Crippen molar-refractivity contribution in [2.24, 2.45) is 13.0 Å².